The van der Waals surface area contributed by atoms with Gasteiger partial charge in [-0.1, -0.05) is 0 Å². The molecule has 0 amide bonds. The number of hydrogen-bond acceptors (Lipinski definition) is 3. The summed E-state index contributed by atoms with van der Waals surface area (Å²) in [6, 6.07) is 4.30. The highest BCUT2D eigenvalue weighted by Gasteiger charge is 2.21. The Hall–Kier alpha value is -0.850. The Kier molecular flexibility index (Phi) is 1.45. The molecule has 2 N–H and O–H groups in total. The number of nitrogens with zero attached hydrogens (tertiary/aromatic N) is 1. The molecule has 1 aliphatic rings. The third kappa shape index (κ3) is 0.953. The minimum absolute atomic E-state index is 0.192. The van der Waals surface area contributed by atoms with Crippen LogP contribution in [0.15, 0.2) is 6.07 Å². The summed E-state index contributed by atoms with van der Waals surface area (Å²) in [4.78, 5) is 2.02. The van der Waals surface area contributed by atoms with Gasteiger partial charge in [0.25, 0.3) is 0 Å². The van der Waals surface area contributed by atoms with Gasteiger partial charge in [0.05, 0.1) is 0 Å². The maximum Gasteiger partial charge on any atom is 0.110 e. The predicted octanol–water partition coefficient (Wildman–Crippen LogP) is 1.57. The van der Waals surface area contributed by atoms with Crippen molar-refractivity contribution in [2.24, 2.45) is 5.73 Å². The monoisotopic (exact) mass is 164 g/mol. The van der Waals surface area contributed by atoms with Gasteiger partial charge in [-0.2, -0.15) is 5.26 Å². The molecule has 2 rings (SSSR count). The number of hydrogen-bond donors (Lipinski definition) is 1. The topological polar surface area (TPSA) is 49.8 Å². The average molecular weight is 164 g/mol. The van der Waals surface area contributed by atoms with Gasteiger partial charge in [-0.15, -0.1) is 11.3 Å². The first-order valence-electron chi connectivity index (χ1n) is 3.59. The lowest BCUT2D eigenvalue weighted by Gasteiger charge is -1.97. The molecule has 1 aromatic rings. The molecular weight excluding hydrogens is 156 g/mol. The summed E-state index contributed by atoms with van der Waals surface area (Å²) in [6.45, 7) is 0. The Morgan fingerprint density at radius 1 is 1.73 bits per heavy atom. The number of aryl methyl sites for hydroxylation is 1. The number of rotatable bonds is 0. The van der Waals surface area contributed by atoms with E-state index in [1.807, 2.05) is 6.07 Å². The molecule has 0 aromatic carbocycles. The van der Waals surface area contributed by atoms with Crippen molar-refractivity contribution in [1.82, 2.24) is 0 Å². The molecule has 11 heavy (non-hydrogen) atoms. The second-order valence-electron chi connectivity index (χ2n) is 2.76. The van der Waals surface area contributed by atoms with Crippen LogP contribution < -0.4 is 5.73 Å². The summed E-state index contributed by atoms with van der Waals surface area (Å²) >= 11 is 1.54. The lowest BCUT2D eigenvalue weighted by atomic mass is 10.2. The van der Waals surface area contributed by atoms with Crippen LogP contribution in [0.1, 0.15) is 27.8 Å². The van der Waals surface area contributed by atoms with Crippen molar-refractivity contribution in [1.29, 1.82) is 5.26 Å². The zero-order valence-corrected chi connectivity index (χ0v) is 6.82. The van der Waals surface area contributed by atoms with E-state index in [0.717, 1.165) is 17.7 Å². The molecule has 1 heterocycles. The smallest absolute Gasteiger partial charge is 0.110 e. The highest BCUT2D eigenvalue weighted by atomic mass is 32.1. The van der Waals surface area contributed by atoms with Crippen LogP contribution >= 0.6 is 11.3 Å². The first-order chi connectivity index (χ1) is 5.31. The first kappa shape index (κ1) is 6.84. The van der Waals surface area contributed by atoms with Crippen molar-refractivity contribution in [2.75, 3.05) is 0 Å². The van der Waals surface area contributed by atoms with Gasteiger partial charge in [0.2, 0.25) is 0 Å². The summed E-state index contributed by atoms with van der Waals surface area (Å²) in [5.74, 6) is 0. The summed E-state index contributed by atoms with van der Waals surface area (Å²) in [5.41, 5.74) is 7.11. The van der Waals surface area contributed by atoms with Gasteiger partial charge in [-0.25, -0.2) is 0 Å². The molecule has 0 fully saturated rings. The Labute approximate surface area is 69.3 Å². The maximum atomic E-state index is 8.60. The Balaban J connectivity index is 2.48. The van der Waals surface area contributed by atoms with E-state index in [1.165, 1.54) is 10.4 Å². The summed E-state index contributed by atoms with van der Waals surface area (Å²) in [5, 5.41) is 8.60. The molecule has 56 valence electrons. The largest absolute Gasteiger partial charge is 0.323 e. The van der Waals surface area contributed by atoms with Crippen molar-refractivity contribution < 1.29 is 0 Å². The SMILES string of the molecule is N#Cc1cc2c(s1)C(N)CC2. The molecular formula is C8H8N2S. The fraction of sp³-hybridized carbons (Fsp3) is 0.375. The molecule has 0 saturated carbocycles. The van der Waals surface area contributed by atoms with Crippen LogP contribution in [0.5, 0.6) is 0 Å². The normalized spacial score (nSPS) is 21.3. The molecule has 2 nitrogen and oxygen atoms in total. The minimum Gasteiger partial charge on any atom is -0.323 e. The summed E-state index contributed by atoms with van der Waals surface area (Å²) < 4.78 is 0. The van der Waals surface area contributed by atoms with Gasteiger partial charge in [0.15, 0.2) is 0 Å². The van der Waals surface area contributed by atoms with Crippen LogP contribution in [0, 0.1) is 11.3 Å². The third-order valence-electron chi connectivity index (χ3n) is 2.01. The van der Waals surface area contributed by atoms with Gasteiger partial charge in [0.1, 0.15) is 10.9 Å². The quantitative estimate of drug-likeness (QED) is 0.632. The van der Waals surface area contributed by atoms with Crippen molar-refractivity contribution in [3.05, 3.63) is 21.4 Å². The lowest BCUT2D eigenvalue weighted by molar-refractivity contribution is 0.720. The van der Waals surface area contributed by atoms with E-state index >= 15 is 0 Å². The zero-order valence-electron chi connectivity index (χ0n) is 6.00. The Morgan fingerprint density at radius 3 is 3.18 bits per heavy atom. The molecule has 1 unspecified atom stereocenters. The van der Waals surface area contributed by atoms with E-state index < -0.39 is 0 Å². The predicted molar refractivity (Wildman–Crippen MR) is 44.3 cm³/mol. The molecule has 0 bridgehead atoms. The third-order valence-corrected chi connectivity index (χ3v) is 3.23. The average Bonchev–Trinajstić information content (AvgIpc) is 2.53. The second kappa shape index (κ2) is 2.33. The molecule has 0 spiro atoms. The van der Waals surface area contributed by atoms with Crippen molar-refractivity contribution in [3.63, 3.8) is 0 Å². The van der Waals surface area contributed by atoms with Crippen molar-refractivity contribution in [3.8, 4) is 6.07 Å². The van der Waals surface area contributed by atoms with E-state index in [-0.39, 0.29) is 6.04 Å². The van der Waals surface area contributed by atoms with Crippen LogP contribution in [0.25, 0.3) is 0 Å². The fourth-order valence-corrected chi connectivity index (χ4v) is 2.49. The molecule has 0 radical (unpaired) electrons. The van der Waals surface area contributed by atoms with E-state index in [4.69, 9.17) is 11.0 Å². The summed E-state index contributed by atoms with van der Waals surface area (Å²) in [6.07, 6.45) is 2.10. The van der Waals surface area contributed by atoms with E-state index in [2.05, 4.69) is 6.07 Å². The second-order valence-corrected chi connectivity index (χ2v) is 3.84. The fourth-order valence-electron chi connectivity index (χ4n) is 1.45. The van der Waals surface area contributed by atoms with Gasteiger partial charge >= 0.3 is 0 Å². The van der Waals surface area contributed by atoms with E-state index in [0.29, 0.717) is 0 Å². The highest BCUT2D eigenvalue weighted by molar-refractivity contribution is 7.12. The number of thiophene rings is 1. The van der Waals surface area contributed by atoms with Crippen LogP contribution in [-0.2, 0) is 6.42 Å². The Bertz CT molecular complexity index is 321. The summed E-state index contributed by atoms with van der Waals surface area (Å²) in [7, 11) is 0. The van der Waals surface area contributed by atoms with Crippen molar-refractivity contribution >= 4 is 11.3 Å². The van der Waals surface area contributed by atoms with Gasteiger partial charge < -0.3 is 5.73 Å². The van der Waals surface area contributed by atoms with Gasteiger partial charge in [-0.3, -0.25) is 0 Å². The Morgan fingerprint density at radius 2 is 2.55 bits per heavy atom. The number of nitrogens with two attached hydrogens (primary N) is 1. The molecule has 3 heteroatoms. The first-order valence-corrected chi connectivity index (χ1v) is 4.41. The molecule has 1 atom stereocenters. The van der Waals surface area contributed by atoms with Gasteiger partial charge in [0, 0.05) is 10.9 Å². The van der Waals surface area contributed by atoms with Crippen LogP contribution in [0.3, 0.4) is 0 Å². The minimum atomic E-state index is 0.192. The number of fused-ring (bicyclic) bond motifs is 1. The maximum absolute atomic E-state index is 8.60. The molecule has 0 aliphatic heterocycles. The van der Waals surface area contributed by atoms with Crippen LogP contribution in [0.4, 0.5) is 0 Å². The van der Waals surface area contributed by atoms with Gasteiger partial charge in [-0.05, 0) is 24.5 Å². The zero-order chi connectivity index (χ0) is 7.84. The standard InChI is InChI=1S/C8H8N2S/c9-4-6-3-5-1-2-7(10)8(5)11-6/h3,7H,1-2,10H2. The van der Waals surface area contributed by atoms with Crippen LogP contribution in [-0.4, -0.2) is 0 Å². The highest BCUT2D eigenvalue weighted by Crippen LogP contribution is 2.35. The lowest BCUT2D eigenvalue weighted by Crippen LogP contribution is -2.03. The molecule has 1 aliphatic carbocycles. The number of nitriles is 1. The van der Waals surface area contributed by atoms with E-state index in [9.17, 15) is 0 Å². The van der Waals surface area contributed by atoms with Crippen LogP contribution in [0.2, 0.25) is 0 Å². The molecule has 1 aromatic heterocycles. The molecule has 0 saturated heterocycles. The van der Waals surface area contributed by atoms with Crippen molar-refractivity contribution in [2.45, 2.75) is 18.9 Å². The van der Waals surface area contributed by atoms with E-state index in [1.54, 1.807) is 11.3 Å².